The van der Waals surface area contributed by atoms with Crippen LogP contribution >= 0.6 is 15.9 Å². The Bertz CT molecular complexity index is 291. The maximum Gasteiger partial charge on any atom is 0.0445 e. The molecule has 0 aliphatic rings. The van der Waals surface area contributed by atoms with Crippen molar-refractivity contribution >= 4 is 15.9 Å². The molecule has 0 saturated heterocycles. The molecule has 0 heterocycles. The second-order valence-electron chi connectivity index (χ2n) is 3.59. The predicted molar refractivity (Wildman–Crippen MR) is 66.8 cm³/mol. The highest BCUT2D eigenvalue weighted by atomic mass is 79.9. The fourth-order valence-electron chi connectivity index (χ4n) is 1.50. The van der Waals surface area contributed by atoms with E-state index in [1.165, 1.54) is 5.56 Å². The molecule has 1 atom stereocenters. The maximum atomic E-state index is 8.87. The molecule has 0 aromatic heterocycles. The van der Waals surface area contributed by atoms with Crippen LogP contribution in [-0.2, 0) is 6.54 Å². The van der Waals surface area contributed by atoms with Gasteiger partial charge in [-0.05, 0) is 24.5 Å². The molecule has 0 spiro atoms. The van der Waals surface area contributed by atoms with Crippen molar-refractivity contribution in [3.8, 4) is 0 Å². The van der Waals surface area contributed by atoms with Gasteiger partial charge in [-0.2, -0.15) is 0 Å². The normalized spacial score (nSPS) is 12.7. The maximum absolute atomic E-state index is 8.87. The molecular formula is C12H18BrNO. The third kappa shape index (κ3) is 4.33. The van der Waals surface area contributed by atoms with Crippen LogP contribution in [0.4, 0.5) is 0 Å². The van der Waals surface area contributed by atoms with Gasteiger partial charge in [0.2, 0.25) is 0 Å². The van der Waals surface area contributed by atoms with Crippen LogP contribution in [-0.4, -0.2) is 17.8 Å². The second kappa shape index (κ2) is 6.99. The molecule has 1 rings (SSSR count). The molecule has 84 valence electrons. The van der Waals surface area contributed by atoms with Gasteiger partial charge in [0.1, 0.15) is 0 Å². The first kappa shape index (κ1) is 12.7. The number of benzene rings is 1. The molecule has 2 nitrogen and oxygen atoms in total. The molecule has 3 heteroatoms. The van der Waals surface area contributed by atoms with Gasteiger partial charge in [0.25, 0.3) is 0 Å². The average molecular weight is 272 g/mol. The summed E-state index contributed by atoms with van der Waals surface area (Å²) in [5.41, 5.74) is 1.26. The highest BCUT2D eigenvalue weighted by Gasteiger charge is 2.05. The minimum Gasteiger partial charge on any atom is -0.396 e. The molecular weight excluding hydrogens is 254 g/mol. The minimum atomic E-state index is 0.251. The van der Waals surface area contributed by atoms with Crippen LogP contribution in [0.3, 0.4) is 0 Å². The van der Waals surface area contributed by atoms with E-state index in [2.05, 4.69) is 34.2 Å². The monoisotopic (exact) mass is 271 g/mol. The van der Waals surface area contributed by atoms with Crippen molar-refractivity contribution < 1.29 is 5.11 Å². The molecule has 0 radical (unpaired) electrons. The van der Waals surface area contributed by atoms with Crippen LogP contribution in [0, 0.1) is 0 Å². The summed E-state index contributed by atoms with van der Waals surface area (Å²) >= 11 is 3.52. The Kier molecular flexibility index (Phi) is 5.91. The fraction of sp³-hybridized carbons (Fsp3) is 0.500. The smallest absolute Gasteiger partial charge is 0.0445 e. The first-order valence-corrected chi connectivity index (χ1v) is 6.14. The van der Waals surface area contributed by atoms with E-state index in [-0.39, 0.29) is 6.61 Å². The van der Waals surface area contributed by atoms with Crippen molar-refractivity contribution in [1.82, 2.24) is 5.32 Å². The third-order valence-corrected chi connectivity index (χ3v) is 3.28. The quantitative estimate of drug-likeness (QED) is 0.834. The topological polar surface area (TPSA) is 32.3 Å². The summed E-state index contributed by atoms with van der Waals surface area (Å²) in [7, 11) is 0. The Hall–Kier alpha value is -0.380. The number of hydrogen-bond donors (Lipinski definition) is 2. The summed E-state index contributed by atoms with van der Waals surface area (Å²) in [5.74, 6) is 0. The van der Waals surface area contributed by atoms with E-state index in [9.17, 15) is 0 Å². The Balaban J connectivity index is 2.45. The van der Waals surface area contributed by atoms with Gasteiger partial charge in [-0.1, -0.05) is 41.1 Å². The number of rotatable bonds is 6. The van der Waals surface area contributed by atoms with Gasteiger partial charge in [0, 0.05) is 23.7 Å². The highest BCUT2D eigenvalue weighted by Crippen LogP contribution is 2.15. The second-order valence-corrected chi connectivity index (χ2v) is 4.44. The van der Waals surface area contributed by atoms with Crippen LogP contribution in [0.5, 0.6) is 0 Å². The molecule has 0 saturated carbocycles. The lowest BCUT2D eigenvalue weighted by Gasteiger charge is -2.16. The molecule has 0 aliphatic carbocycles. The summed E-state index contributed by atoms with van der Waals surface area (Å²) in [4.78, 5) is 0. The largest absolute Gasteiger partial charge is 0.396 e. The zero-order chi connectivity index (χ0) is 11.1. The Labute approximate surface area is 99.8 Å². The predicted octanol–water partition coefficient (Wildman–Crippen LogP) is 2.70. The van der Waals surface area contributed by atoms with Crippen LogP contribution < -0.4 is 5.32 Å². The van der Waals surface area contributed by atoms with E-state index < -0.39 is 0 Å². The van der Waals surface area contributed by atoms with E-state index in [0.29, 0.717) is 6.04 Å². The number of hydrogen-bond acceptors (Lipinski definition) is 2. The number of aliphatic hydroxyl groups excluding tert-OH is 1. The molecule has 0 amide bonds. The van der Waals surface area contributed by atoms with Gasteiger partial charge in [0.05, 0.1) is 0 Å². The average Bonchev–Trinajstić information content (AvgIpc) is 2.26. The number of aliphatic hydroxyl groups is 1. The standard InChI is InChI=1S/C12H18BrNO/c1-2-11(7-8-15)14-9-10-5-3-4-6-12(10)13/h3-6,11,14-15H,2,7-9H2,1H3. The lowest BCUT2D eigenvalue weighted by atomic mass is 10.1. The lowest BCUT2D eigenvalue weighted by molar-refractivity contribution is 0.262. The van der Waals surface area contributed by atoms with Crippen molar-refractivity contribution in [3.05, 3.63) is 34.3 Å². The fourth-order valence-corrected chi connectivity index (χ4v) is 1.93. The Morgan fingerprint density at radius 1 is 1.40 bits per heavy atom. The molecule has 1 aromatic rings. The van der Waals surface area contributed by atoms with E-state index in [1.54, 1.807) is 0 Å². The molecule has 0 aliphatic heterocycles. The third-order valence-electron chi connectivity index (χ3n) is 2.51. The van der Waals surface area contributed by atoms with Crippen molar-refractivity contribution in [2.24, 2.45) is 0 Å². The SMILES string of the molecule is CCC(CCO)NCc1ccccc1Br. The van der Waals surface area contributed by atoms with Crippen LogP contribution in [0.15, 0.2) is 28.7 Å². The summed E-state index contributed by atoms with van der Waals surface area (Å²) < 4.78 is 1.14. The number of nitrogens with one attached hydrogen (secondary N) is 1. The molecule has 15 heavy (non-hydrogen) atoms. The Morgan fingerprint density at radius 2 is 2.13 bits per heavy atom. The summed E-state index contributed by atoms with van der Waals surface area (Å²) in [6.07, 6.45) is 1.87. The number of halogens is 1. The summed E-state index contributed by atoms with van der Waals surface area (Å²) in [5, 5.41) is 12.3. The molecule has 0 bridgehead atoms. The van der Waals surface area contributed by atoms with Gasteiger partial charge in [-0.25, -0.2) is 0 Å². The lowest BCUT2D eigenvalue weighted by Crippen LogP contribution is -2.28. The zero-order valence-corrected chi connectivity index (χ0v) is 10.6. The zero-order valence-electron chi connectivity index (χ0n) is 9.04. The highest BCUT2D eigenvalue weighted by molar-refractivity contribution is 9.10. The van der Waals surface area contributed by atoms with Crippen LogP contribution in [0.2, 0.25) is 0 Å². The van der Waals surface area contributed by atoms with Crippen molar-refractivity contribution in [2.45, 2.75) is 32.4 Å². The van der Waals surface area contributed by atoms with Gasteiger partial charge in [-0.3, -0.25) is 0 Å². The van der Waals surface area contributed by atoms with Crippen molar-refractivity contribution in [3.63, 3.8) is 0 Å². The van der Waals surface area contributed by atoms with Crippen LogP contribution in [0.25, 0.3) is 0 Å². The molecule has 2 N–H and O–H groups in total. The first-order valence-electron chi connectivity index (χ1n) is 5.35. The van der Waals surface area contributed by atoms with Gasteiger partial charge < -0.3 is 10.4 Å². The minimum absolute atomic E-state index is 0.251. The van der Waals surface area contributed by atoms with Crippen molar-refractivity contribution in [2.75, 3.05) is 6.61 Å². The van der Waals surface area contributed by atoms with Crippen molar-refractivity contribution in [1.29, 1.82) is 0 Å². The molecule has 0 fully saturated rings. The van der Waals surface area contributed by atoms with E-state index >= 15 is 0 Å². The van der Waals surface area contributed by atoms with E-state index in [1.807, 2.05) is 18.2 Å². The Morgan fingerprint density at radius 3 is 2.73 bits per heavy atom. The van der Waals surface area contributed by atoms with Gasteiger partial charge in [0.15, 0.2) is 0 Å². The summed E-state index contributed by atoms with van der Waals surface area (Å²) in [6.45, 7) is 3.23. The van der Waals surface area contributed by atoms with E-state index in [0.717, 1.165) is 23.9 Å². The van der Waals surface area contributed by atoms with Gasteiger partial charge in [-0.15, -0.1) is 0 Å². The van der Waals surface area contributed by atoms with E-state index in [4.69, 9.17) is 5.11 Å². The first-order chi connectivity index (χ1) is 7.27. The van der Waals surface area contributed by atoms with Crippen LogP contribution in [0.1, 0.15) is 25.3 Å². The summed E-state index contributed by atoms with van der Waals surface area (Å²) in [6, 6.07) is 8.60. The molecule has 1 aromatic carbocycles. The molecule has 1 unspecified atom stereocenters. The van der Waals surface area contributed by atoms with Gasteiger partial charge >= 0.3 is 0 Å².